The van der Waals surface area contributed by atoms with Gasteiger partial charge in [0.1, 0.15) is 11.6 Å². The Bertz CT molecular complexity index is 457. The molecule has 1 N–H and O–H groups in total. The Hall–Kier alpha value is -1.19. The van der Waals surface area contributed by atoms with E-state index in [1.807, 2.05) is 25.1 Å². The highest BCUT2D eigenvalue weighted by atomic mass is 35.5. The molecular weight excluding hydrogens is 247 g/mol. The number of rotatable bonds is 3. The number of furan rings is 1. The maximum absolute atomic E-state index is 5.66. The Labute approximate surface area is 105 Å². The van der Waals surface area contributed by atoms with Gasteiger partial charge >= 0.3 is 0 Å². The lowest BCUT2D eigenvalue weighted by atomic mass is 10.3. The molecule has 0 bridgehead atoms. The summed E-state index contributed by atoms with van der Waals surface area (Å²) in [6.07, 6.45) is 1.75. The molecule has 0 spiro atoms. The molecule has 0 saturated heterocycles. The molecule has 0 amide bonds. The van der Waals surface area contributed by atoms with Crippen LogP contribution in [0.1, 0.15) is 11.3 Å². The van der Waals surface area contributed by atoms with Gasteiger partial charge in [-0.05, 0) is 42.3 Å². The number of aromatic nitrogens is 1. The van der Waals surface area contributed by atoms with Crippen molar-refractivity contribution in [1.29, 1.82) is 0 Å². The first-order chi connectivity index (χ1) is 7.25. The number of halogens is 2. The van der Waals surface area contributed by atoms with Gasteiger partial charge in [-0.3, -0.25) is 0 Å². The summed E-state index contributed by atoms with van der Waals surface area (Å²) >= 11 is 5.66. The van der Waals surface area contributed by atoms with Gasteiger partial charge in [-0.15, -0.1) is 12.4 Å². The molecule has 0 aliphatic heterocycles. The highest BCUT2D eigenvalue weighted by Gasteiger charge is 2.01. The van der Waals surface area contributed by atoms with Crippen LogP contribution in [0.15, 0.2) is 34.9 Å². The summed E-state index contributed by atoms with van der Waals surface area (Å²) in [5.74, 6) is 1.66. The summed E-state index contributed by atoms with van der Waals surface area (Å²) in [5.41, 5.74) is 1.11. The monoisotopic (exact) mass is 258 g/mol. The van der Waals surface area contributed by atoms with Crippen LogP contribution in [0.2, 0.25) is 5.22 Å². The van der Waals surface area contributed by atoms with Crippen molar-refractivity contribution in [2.24, 2.45) is 0 Å². The van der Waals surface area contributed by atoms with Gasteiger partial charge < -0.3 is 9.73 Å². The third-order valence-corrected chi connectivity index (χ3v) is 2.27. The summed E-state index contributed by atoms with van der Waals surface area (Å²) in [5, 5.41) is 3.59. The van der Waals surface area contributed by atoms with Crippen LogP contribution >= 0.6 is 24.0 Å². The van der Waals surface area contributed by atoms with Gasteiger partial charge in [-0.2, -0.15) is 0 Å². The van der Waals surface area contributed by atoms with E-state index >= 15 is 0 Å². The maximum Gasteiger partial charge on any atom is 0.193 e. The zero-order chi connectivity index (χ0) is 10.7. The standard InChI is InChI=1S/C11H11ClN2O.ClH/c1-8-3-2-6-13-11(8)14-7-9-4-5-10(12)15-9;/h2-6H,7H2,1H3,(H,13,14);1H. The Kier molecular flexibility index (Phi) is 4.65. The Morgan fingerprint density at radius 2 is 2.19 bits per heavy atom. The number of hydrogen-bond acceptors (Lipinski definition) is 3. The first-order valence-corrected chi connectivity index (χ1v) is 5.03. The van der Waals surface area contributed by atoms with Crippen molar-refractivity contribution in [3.63, 3.8) is 0 Å². The van der Waals surface area contributed by atoms with Crippen molar-refractivity contribution in [3.8, 4) is 0 Å². The molecule has 0 fully saturated rings. The van der Waals surface area contributed by atoms with E-state index in [0.717, 1.165) is 17.1 Å². The van der Waals surface area contributed by atoms with Gasteiger partial charge in [0.05, 0.1) is 6.54 Å². The lowest BCUT2D eigenvalue weighted by Gasteiger charge is -2.05. The van der Waals surface area contributed by atoms with Crippen molar-refractivity contribution < 1.29 is 4.42 Å². The van der Waals surface area contributed by atoms with Crippen LogP contribution < -0.4 is 5.32 Å². The van der Waals surface area contributed by atoms with E-state index in [1.165, 1.54) is 0 Å². The molecule has 2 aromatic rings. The molecule has 0 saturated carbocycles. The molecule has 5 heteroatoms. The average molecular weight is 259 g/mol. The van der Waals surface area contributed by atoms with E-state index < -0.39 is 0 Å². The molecule has 2 aromatic heterocycles. The number of nitrogens with zero attached hydrogens (tertiary/aromatic N) is 1. The fraction of sp³-hybridized carbons (Fsp3) is 0.182. The summed E-state index contributed by atoms with van der Waals surface area (Å²) in [4.78, 5) is 4.21. The molecule has 0 aliphatic carbocycles. The van der Waals surface area contributed by atoms with Crippen molar-refractivity contribution in [2.75, 3.05) is 5.32 Å². The lowest BCUT2D eigenvalue weighted by molar-refractivity contribution is 0.519. The number of hydrogen-bond donors (Lipinski definition) is 1. The van der Waals surface area contributed by atoms with Gasteiger partial charge in [-0.1, -0.05) is 6.07 Å². The van der Waals surface area contributed by atoms with Gasteiger partial charge in [-0.25, -0.2) is 4.98 Å². The third-order valence-electron chi connectivity index (χ3n) is 2.07. The van der Waals surface area contributed by atoms with Gasteiger partial charge in [0.2, 0.25) is 0 Å². The Morgan fingerprint density at radius 1 is 1.38 bits per heavy atom. The summed E-state index contributed by atoms with van der Waals surface area (Å²) < 4.78 is 5.22. The van der Waals surface area contributed by atoms with Crippen LogP contribution in [0, 0.1) is 6.92 Å². The zero-order valence-corrected chi connectivity index (χ0v) is 10.3. The van der Waals surface area contributed by atoms with Gasteiger partial charge in [0.25, 0.3) is 0 Å². The fourth-order valence-corrected chi connectivity index (χ4v) is 1.45. The van der Waals surface area contributed by atoms with Crippen molar-refractivity contribution >= 4 is 29.8 Å². The molecule has 86 valence electrons. The van der Waals surface area contributed by atoms with Crippen molar-refractivity contribution in [1.82, 2.24) is 4.98 Å². The van der Waals surface area contributed by atoms with Crippen LogP contribution in [-0.2, 0) is 6.54 Å². The predicted molar refractivity (Wildman–Crippen MR) is 67.3 cm³/mol. The number of nitrogens with one attached hydrogen (secondary N) is 1. The van der Waals surface area contributed by atoms with Gasteiger partial charge in [0.15, 0.2) is 5.22 Å². The molecule has 0 atom stereocenters. The normalized spacial score (nSPS) is 9.62. The van der Waals surface area contributed by atoms with Crippen molar-refractivity contribution in [2.45, 2.75) is 13.5 Å². The number of aryl methyl sites for hydroxylation is 1. The SMILES string of the molecule is Cc1cccnc1NCc1ccc(Cl)o1.Cl. The largest absolute Gasteiger partial charge is 0.448 e. The number of pyridine rings is 1. The zero-order valence-electron chi connectivity index (χ0n) is 8.74. The second-order valence-corrected chi connectivity index (χ2v) is 3.60. The molecule has 0 aliphatic rings. The van der Waals surface area contributed by atoms with Crippen LogP contribution in [0.4, 0.5) is 5.82 Å². The van der Waals surface area contributed by atoms with Crippen LogP contribution in [0.3, 0.4) is 0 Å². The quantitative estimate of drug-likeness (QED) is 0.913. The second kappa shape index (κ2) is 5.77. The van der Waals surface area contributed by atoms with E-state index in [-0.39, 0.29) is 12.4 Å². The van der Waals surface area contributed by atoms with E-state index in [0.29, 0.717) is 11.8 Å². The maximum atomic E-state index is 5.66. The molecule has 3 nitrogen and oxygen atoms in total. The molecular formula is C11H12Cl2N2O. The summed E-state index contributed by atoms with van der Waals surface area (Å²) in [6, 6.07) is 7.48. The molecule has 0 aromatic carbocycles. The molecule has 2 rings (SSSR count). The smallest absolute Gasteiger partial charge is 0.193 e. The molecule has 16 heavy (non-hydrogen) atoms. The first kappa shape index (κ1) is 12.9. The molecule has 0 unspecified atom stereocenters. The third kappa shape index (κ3) is 3.15. The lowest BCUT2D eigenvalue weighted by Crippen LogP contribution is -2.01. The highest BCUT2D eigenvalue weighted by Crippen LogP contribution is 2.15. The van der Waals surface area contributed by atoms with Crippen molar-refractivity contribution in [3.05, 3.63) is 47.0 Å². The molecule has 2 heterocycles. The Morgan fingerprint density at radius 3 is 2.81 bits per heavy atom. The van der Waals surface area contributed by atoms with E-state index in [1.54, 1.807) is 12.3 Å². The van der Waals surface area contributed by atoms with Crippen LogP contribution in [0.25, 0.3) is 0 Å². The summed E-state index contributed by atoms with van der Waals surface area (Å²) in [6.45, 7) is 2.59. The van der Waals surface area contributed by atoms with Crippen LogP contribution in [0.5, 0.6) is 0 Å². The van der Waals surface area contributed by atoms with E-state index in [9.17, 15) is 0 Å². The average Bonchev–Trinajstić information content (AvgIpc) is 2.63. The second-order valence-electron chi connectivity index (χ2n) is 3.23. The minimum atomic E-state index is 0. The predicted octanol–water partition coefficient (Wildman–Crippen LogP) is 3.67. The minimum absolute atomic E-state index is 0. The van der Waals surface area contributed by atoms with E-state index in [2.05, 4.69) is 10.3 Å². The van der Waals surface area contributed by atoms with Crippen LogP contribution in [-0.4, -0.2) is 4.98 Å². The first-order valence-electron chi connectivity index (χ1n) is 4.65. The molecule has 0 radical (unpaired) electrons. The highest BCUT2D eigenvalue weighted by molar-refractivity contribution is 6.28. The number of anilines is 1. The fourth-order valence-electron chi connectivity index (χ4n) is 1.29. The van der Waals surface area contributed by atoms with Gasteiger partial charge in [0, 0.05) is 6.20 Å². The van der Waals surface area contributed by atoms with E-state index in [4.69, 9.17) is 16.0 Å². The Balaban J connectivity index is 0.00000128. The topological polar surface area (TPSA) is 38.1 Å². The summed E-state index contributed by atoms with van der Waals surface area (Å²) in [7, 11) is 0. The minimum Gasteiger partial charge on any atom is -0.448 e.